The number of methoxy groups -OCH3 is 1. The minimum absolute atomic E-state index is 0.0537. The van der Waals surface area contributed by atoms with Gasteiger partial charge in [-0.15, -0.1) is 0 Å². The Labute approximate surface area is 97.9 Å². The molecule has 0 unspecified atom stereocenters. The summed E-state index contributed by atoms with van der Waals surface area (Å²) < 4.78 is 5.13. The van der Waals surface area contributed by atoms with Gasteiger partial charge in [0.2, 0.25) is 5.91 Å². The predicted molar refractivity (Wildman–Crippen MR) is 64.6 cm³/mol. The average Bonchev–Trinajstić information content (AvgIpc) is 2.28. The van der Waals surface area contributed by atoms with Gasteiger partial charge < -0.3 is 10.1 Å². The monoisotopic (exact) mass is 271 g/mol. The van der Waals surface area contributed by atoms with E-state index in [4.69, 9.17) is 4.74 Å². The van der Waals surface area contributed by atoms with Crippen molar-refractivity contribution >= 4 is 27.5 Å². The standard InChI is InChI=1S/C11H14BrNO2/c1-3-8(12)11(14)13-9-6-4-5-7-10(9)15-2/h4-8H,3H2,1-2H3,(H,13,14)/t8-/m1/s1. The van der Waals surface area contributed by atoms with E-state index < -0.39 is 0 Å². The number of alkyl halides is 1. The molecule has 4 heteroatoms. The second-order valence-corrected chi connectivity index (χ2v) is 4.17. The zero-order valence-electron chi connectivity index (χ0n) is 8.79. The van der Waals surface area contributed by atoms with Gasteiger partial charge in [-0.05, 0) is 18.6 Å². The number of para-hydroxylation sites is 2. The number of hydrogen-bond acceptors (Lipinski definition) is 2. The number of nitrogens with one attached hydrogen (secondary N) is 1. The molecule has 1 aromatic rings. The van der Waals surface area contributed by atoms with Crippen molar-refractivity contribution in [2.45, 2.75) is 18.2 Å². The third kappa shape index (κ3) is 3.23. The fourth-order valence-corrected chi connectivity index (χ4v) is 1.26. The Morgan fingerprint density at radius 3 is 2.80 bits per heavy atom. The van der Waals surface area contributed by atoms with Gasteiger partial charge in [0.1, 0.15) is 5.75 Å². The molecule has 1 atom stereocenters. The Bertz CT molecular complexity index is 341. The first-order valence-corrected chi connectivity index (χ1v) is 5.68. The molecule has 1 rings (SSSR count). The molecule has 0 fully saturated rings. The van der Waals surface area contributed by atoms with Gasteiger partial charge in [0, 0.05) is 0 Å². The van der Waals surface area contributed by atoms with E-state index in [1.54, 1.807) is 7.11 Å². The number of rotatable bonds is 4. The van der Waals surface area contributed by atoms with Crippen LogP contribution in [0.2, 0.25) is 0 Å². The van der Waals surface area contributed by atoms with Crippen LogP contribution < -0.4 is 10.1 Å². The lowest BCUT2D eigenvalue weighted by molar-refractivity contribution is -0.115. The van der Waals surface area contributed by atoms with E-state index in [1.165, 1.54) is 0 Å². The summed E-state index contributed by atoms with van der Waals surface area (Å²) in [4.78, 5) is 11.4. The molecular weight excluding hydrogens is 258 g/mol. The lowest BCUT2D eigenvalue weighted by Gasteiger charge is -2.11. The Balaban J connectivity index is 2.76. The van der Waals surface area contributed by atoms with E-state index in [2.05, 4.69) is 21.2 Å². The maximum absolute atomic E-state index is 11.6. The van der Waals surface area contributed by atoms with E-state index in [9.17, 15) is 4.79 Å². The maximum atomic E-state index is 11.6. The summed E-state index contributed by atoms with van der Waals surface area (Å²) in [6.07, 6.45) is 0.751. The molecule has 15 heavy (non-hydrogen) atoms. The molecular formula is C11H14BrNO2. The van der Waals surface area contributed by atoms with Crippen LogP contribution in [0.15, 0.2) is 24.3 Å². The summed E-state index contributed by atoms with van der Waals surface area (Å²) in [6, 6.07) is 7.34. The number of halogens is 1. The molecule has 0 bridgehead atoms. The van der Waals surface area contributed by atoms with E-state index in [1.807, 2.05) is 31.2 Å². The first kappa shape index (κ1) is 12.0. The van der Waals surface area contributed by atoms with Crippen LogP contribution in [0.1, 0.15) is 13.3 Å². The molecule has 0 aliphatic rings. The second-order valence-electron chi connectivity index (χ2n) is 3.07. The van der Waals surface area contributed by atoms with Crippen molar-refractivity contribution in [3.05, 3.63) is 24.3 Å². The van der Waals surface area contributed by atoms with Crippen LogP contribution in [0.4, 0.5) is 5.69 Å². The van der Waals surface area contributed by atoms with Crippen molar-refractivity contribution in [2.24, 2.45) is 0 Å². The highest BCUT2D eigenvalue weighted by Crippen LogP contribution is 2.23. The summed E-state index contributed by atoms with van der Waals surface area (Å²) in [5.74, 6) is 0.614. The van der Waals surface area contributed by atoms with Crippen LogP contribution in [0, 0.1) is 0 Å². The van der Waals surface area contributed by atoms with E-state index >= 15 is 0 Å². The fraction of sp³-hybridized carbons (Fsp3) is 0.364. The number of amides is 1. The average molecular weight is 272 g/mol. The van der Waals surface area contributed by atoms with Crippen LogP contribution in [-0.4, -0.2) is 17.8 Å². The van der Waals surface area contributed by atoms with Crippen molar-refractivity contribution in [3.8, 4) is 5.75 Å². The number of benzene rings is 1. The summed E-state index contributed by atoms with van der Waals surface area (Å²) >= 11 is 3.29. The summed E-state index contributed by atoms with van der Waals surface area (Å²) in [5.41, 5.74) is 0.697. The zero-order chi connectivity index (χ0) is 11.3. The van der Waals surface area contributed by atoms with Crippen molar-refractivity contribution in [3.63, 3.8) is 0 Å². The third-order valence-corrected chi connectivity index (χ3v) is 3.07. The van der Waals surface area contributed by atoms with Crippen LogP contribution >= 0.6 is 15.9 Å². The molecule has 0 spiro atoms. The third-order valence-electron chi connectivity index (χ3n) is 2.01. The lowest BCUT2D eigenvalue weighted by Crippen LogP contribution is -2.22. The number of carbonyl (C=O) groups is 1. The summed E-state index contributed by atoms with van der Waals surface area (Å²) in [6.45, 7) is 1.95. The second kappa shape index (κ2) is 5.75. The van der Waals surface area contributed by atoms with Gasteiger partial charge in [-0.3, -0.25) is 4.79 Å². The van der Waals surface area contributed by atoms with Gasteiger partial charge >= 0.3 is 0 Å². The lowest BCUT2D eigenvalue weighted by atomic mass is 10.2. The molecule has 1 N–H and O–H groups in total. The molecule has 82 valence electrons. The van der Waals surface area contributed by atoms with Gasteiger partial charge in [-0.1, -0.05) is 35.0 Å². The molecule has 0 aliphatic carbocycles. The van der Waals surface area contributed by atoms with E-state index in [0.29, 0.717) is 11.4 Å². The fourth-order valence-electron chi connectivity index (χ4n) is 1.14. The van der Waals surface area contributed by atoms with Crippen molar-refractivity contribution in [1.82, 2.24) is 0 Å². The van der Waals surface area contributed by atoms with Gasteiger partial charge in [-0.2, -0.15) is 0 Å². The summed E-state index contributed by atoms with van der Waals surface area (Å²) in [5, 5.41) is 2.80. The quantitative estimate of drug-likeness (QED) is 0.856. The molecule has 0 heterocycles. The van der Waals surface area contributed by atoms with Gasteiger partial charge in [0.15, 0.2) is 0 Å². The molecule has 1 aromatic carbocycles. The highest BCUT2D eigenvalue weighted by molar-refractivity contribution is 9.10. The normalized spacial score (nSPS) is 11.9. The molecule has 0 saturated carbocycles. The Kier molecular flexibility index (Phi) is 4.62. The minimum Gasteiger partial charge on any atom is -0.495 e. The highest BCUT2D eigenvalue weighted by atomic mass is 79.9. The van der Waals surface area contributed by atoms with Crippen molar-refractivity contribution in [2.75, 3.05) is 12.4 Å². The minimum atomic E-state index is -0.164. The SMILES string of the molecule is CC[C@@H](Br)C(=O)Nc1ccccc1OC. The first-order chi connectivity index (χ1) is 7.19. The van der Waals surface area contributed by atoms with Crippen molar-refractivity contribution in [1.29, 1.82) is 0 Å². The van der Waals surface area contributed by atoms with Crippen LogP contribution in [0.3, 0.4) is 0 Å². The molecule has 3 nitrogen and oxygen atoms in total. The molecule has 1 amide bonds. The number of anilines is 1. The first-order valence-electron chi connectivity index (χ1n) is 4.77. The van der Waals surface area contributed by atoms with Crippen LogP contribution in [-0.2, 0) is 4.79 Å². The maximum Gasteiger partial charge on any atom is 0.238 e. The van der Waals surface area contributed by atoms with Crippen LogP contribution in [0.25, 0.3) is 0 Å². The Morgan fingerprint density at radius 1 is 1.53 bits per heavy atom. The van der Waals surface area contributed by atoms with Crippen LogP contribution in [0.5, 0.6) is 5.75 Å². The van der Waals surface area contributed by atoms with Gasteiger partial charge in [0.05, 0.1) is 17.6 Å². The van der Waals surface area contributed by atoms with E-state index in [-0.39, 0.29) is 10.7 Å². The number of ether oxygens (including phenoxy) is 1. The van der Waals surface area contributed by atoms with Crippen molar-refractivity contribution < 1.29 is 9.53 Å². The molecule has 0 aromatic heterocycles. The Hall–Kier alpha value is -1.03. The predicted octanol–water partition coefficient (Wildman–Crippen LogP) is 2.81. The molecule has 0 aliphatic heterocycles. The van der Waals surface area contributed by atoms with Gasteiger partial charge in [-0.25, -0.2) is 0 Å². The molecule has 0 saturated heterocycles. The largest absolute Gasteiger partial charge is 0.495 e. The highest BCUT2D eigenvalue weighted by Gasteiger charge is 2.13. The zero-order valence-corrected chi connectivity index (χ0v) is 10.4. The number of hydrogen-bond donors (Lipinski definition) is 1. The molecule has 0 radical (unpaired) electrons. The number of carbonyl (C=O) groups excluding carboxylic acids is 1. The van der Waals surface area contributed by atoms with Gasteiger partial charge in [0.25, 0.3) is 0 Å². The Morgan fingerprint density at radius 2 is 2.20 bits per heavy atom. The summed E-state index contributed by atoms with van der Waals surface area (Å²) in [7, 11) is 1.58. The smallest absolute Gasteiger partial charge is 0.238 e. The topological polar surface area (TPSA) is 38.3 Å². The van der Waals surface area contributed by atoms with E-state index in [0.717, 1.165) is 6.42 Å².